The Morgan fingerprint density at radius 3 is 2.14 bits per heavy atom. The SMILES string of the molecule is C[C](CCl)CCCl. The summed E-state index contributed by atoms with van der Waals surface area (Å²) in [6, 6.07) is 0. The lowest BCUT2D eigenvalue weighted by molar-refractivity contribution is 0.935. The van der Waals surface area contributed by atoms with Gasteiger partial charge >= 0.3 is 0 Å². The average molecular weight is 140 g/mol. The first-order valence-corrected chi connectivity index (χ1v) is 3.31. The molecule has 0 unspecified atom stereocenters. The van der Waals surface area contributed by atoms with Gasteiger partial charge in [-0.15, -0.1) is 23.2 Å². The van der Waals surface area contributed by atoms with Crippen molar-refractivity contribution in [2.45, 2.75) is 13.3 Å². The summed E-state index contributed by atoms with van der Waals surface area (Å²) in [6.45, 7) is 2.01. The zero-order chi connectivity index (χ0) is 5.70. The van der Waals surface area contributed by atoms with E-state index in [1.54, 1.807) is 0 Å². The van der Waals surface area contributed by atoms with Gasteiger partial charge in [-0.05, 0) is 12.3 Å². The maximum Gasteiger partial charge on any atom is 0.0283 e. The molecule has 0 spiro atoms. The fraction of sp³-hybridized carbons (Fsp3) is 0.800. The van der Waals surface area contributed by atoms with Gasteiger partial charge in [-0.3, -0.25) is 0 Å². The molecule has 0 aliphatic rings. The fourth-order valence-electron chi connectivity index (χ4n) is 0.228. The third-order valence-corrected chi connectivity index (χ3v) is 1.39. The van der Waals surface area contributed by atoms with Crippen molar-refractivity contribution in [2.24, 2.45) is 0 Å². The van der Waals surface area contributed by atoms with Crippen molar-refractivity contribution in [2.75, 3.05) is 11.8 Å². The van der Waals surface area contributed by atoms with Gasteiger partial charge in [0.1, 0.15) is 0 Å². The highest BCUT2D eigenvalue weighted by Crippen LogP contribution is 2.06. The van der Waals surface area contributed by atoms with Crippen LogP contribution < -0.4 is 0 Å². The summed E-state index contributed by atoms with van der Waals surface area (Å²) in [4.78, 5) is 0. The zero-order valence-corrected chi connectivity index (χ0v) is 5.89. The van der Waals surface area contributed by atoms with E-state index in [-0.39, 0.29) is 0 Å². The molecule has 0 amide bonds. The van der Waals surface area contributed by atoms with Gasteiger partial charge in [0.05, 0.1) is 0 Å². The fourth-order valence-corrected chi connectivity index (χ4v) is 0.684. The lowest BCUT2D eigenvalue weighted by atomic mass is 10.2. The van der Waals surface area contributed by atoms with Crippen molar-refractivity contribution in [3.8, 4) is 0 Å². The van der Waals surface area contributed by atoms with Crippen LogP contribution in [-0.4, -0.2) is 11.8 Å². The van der Waals surface area contributed by atoms with E-state index >= 15 is 0 Å². The minimum absolute atomic E-state index is 0.646. The van der Waals surface area contributed by atoms with Crippen molar-refractivity contribution in [3.63, 3.8) is 0 Å². The Labute approximate surface area is 54.8 Å². The molecule has 0 fully saturated rings. The van der Waals surface area contributed by atoms with Crippen LogP contribution in [0.4, 0.5) is 0 Å². The first kappa shape index (κ1) is 7.58. The number of hydrogen-bond donors (Lipinski definition) is 0. The van der Waals surface area contributed by atoms with Crippen LogP contribution in [0.15, 0.2) is 0 Å². The molecular weight excluding hydrogens is 131 g/mol. The molecule has 0 aromatic heterocycles. The second kappa shape index (κ2) is 4.73. The number of alkyl halides is 2. The van der Waals surface area contributed by atoms with Crippen LogP contribution in [0.1, 0.15) is 13.3 Å². The summed E-state index contributed by atoms with van der Waals surface area (Å²) in [5.41, 5.74) is 0. The van der Waals surface area contributed by atoms with E-state index in [0.29, 0.717) is 11.8 Å². The monoisotopic (exact) mass is 139 g/mol. The Morgan fingerprint density at radius 1 is 1.43 bits per heavy atom. The van der Waals surface area contributed by atoms with Gasteiger partial charge in [0.2, 0.25) is 0 Å². The Bertz CT molecular complexity index is 37.1. The summed E-state index contributed by atoms with van der Waals surface area (Å²) < 4.78 is 0. The van der Waals surface area contributed by atoms with E-state index in [1.807, 2.05) is 6.92 Å². The minimum atomic E-state index is 0.646. The molecule has 1 radical (unpaired) electrons. The minimum Gasteiger partial charge on any atom is -0.127 e. The molecule has 0 aliphatic heterocycles. The van der Waals surface area contributed by atoms with Crippen molar-refractivity contribution in [3.05, 3.63) is 5.92 Å². The smallest absolute Gasteiger partial charge is 0.0283 e. The predicted molar refractivity (Wildman–Crippen MR) is 35.0 cm³/mol. The molecule has 43 valence electrons. The molecule has 0 aromatic carbocycles. The topological polar surface area (TPSA) is 0 Å². The molecule has 0 nitrogen and oxygen atoms in total. The normalized spacial score (nSPS) is 10.3. The van der Waals surface area contributed by atoms with Crippen LogP contribution in [0.3, 0.4) is 0 Å². The highest BCUT2D eigenvalue weighted by molar-refractivity contribution is 6.19. The van der Waals surface area contributed by atoms with Gasteiger partial charge in [-0.1, -0.05) is 6.92 Å². The molecule has 7 heavy (non-hydrogen) atoms. The molecule has 0 N–H and O–H groups in total. The van der Waals surface area contributed by atoms with Crippen LogP contribution in [0.5, 0.6) is 0 Å². The molecule has 0 saturated carbocycles. The average Bonchev–Trinajstić information content (AvgIpc) is 1.68. The van der Waals surface area contributed by atoms with Crippen LogP contribution in [0.25, 0.3) is 0 Å². The lowest BCUT2D eigenvalue weighted by Crippen LogP contribution is -1.92. The Balaban J connectivity index is 2.83. The third-order valence-electron chi connectivity index (χ3n) is 0.749. The quantitative estimate of drug-likeness (QED) is 0.528. The van der Waals surface area contributed by atoms with Crippen LogP contribution in [0.2, 0.25) is 0 Å². The van der Waals surface area contributed by atoms with E-state index in [1.165, 1.54) is 5.92 Å². The Morgan fingerprint density at radius 2 is 2.00 bits per heavy atom. The van der Waals surface area contributed by atoms with Crippen molar-refractivity contribution < 1.29 is 0 Å². The first-order valence-electron chi connectivity index (χ1n) is 2.24. The van der Waals surface area contributed by atoms with Crippen molar-refractivity contribution in [1.82, 2.24) is 0 Å². The molecule has 0 bridgehead atoms. The van der Waals surface area contributed by atoms with Gasteiger partial charge in [-0.25, -0.2) is 0 Å². The molecular formula is C5H9Cl2. The lowest BCUT2D eigenvalue weighted by Gasteiger charge is -1.99. The van der Waals surface area contributed by atoms with E-state index < -0.39 is 0 Å². The van der Waals surface area contributed by atoms with Gasteiger partial charge < -0.3 is 0 Å². The maximum absolute atomic E-state index is 5.44. The van der Waals surface area contributed by atoms with Crippen molar-refractivity contribution in [1.29, 1.82) is 0 Å². The molecule has 0 aromatic rings. The van der Waals surface area contributed by atoms with Crippen LogP contribution in [0, 0.1) is 5.92 Å². The van der Waals surface area contributed by atoms with E-state index in [2.05, 4.69) is 0 Å². The first-order chi connectivity index (χ1) is 3.31. The summed E-state index contributed by atoms with van der Waals surface area (Å²) in [7, 11) is 0. The standard InChI is InChI=1S/C5H9Cl2/c1-5(4-7)2-3-6/h2-4H2,1H3. The van der Waals surface area contributed by atoms with Gasteiger partial charge in [0.25, 0.3) is 0 Å². The van der Waals surface area contributed by atoms with E-state index in [9.17, 15) is 0 Å². The number of halogens is 2. The zero-order valence-electron chi connectivity index (χ0n) is 4.38. The summed E-state index contributed by atoms with van der Waals surface area (Å²) in [6.07, 6.45) is 0.949. The highest BCUT2D eigenvalue weighted by Gasteiger charge is 1.96. The molecule has 0 rings (SSSR count). The molecule has 0 atom stereocenters. The predicted octanol–water partition coefficient (Wildman–Crippen LogP) is 2.45. The Hall–Kier alpha value is 0.580. The summed E-state index contributed by atoms with van der Waals surface area (Å²) >= 11 is 10.8. The molecule has 0 saturated heterocycles. The molecule has 0 heterocycles. The third kappa shape index (κ3) is 4.43. The van der Waals surface area contributed by atoms with Crippen LogP contribution in [-0.2, 0) is 0 Å². The van der Waals surface area contributed by atoms with Gasteiger partial charge in [0.15, 0.2) is 0 Å². The maximum atomic E-state index is 5.44. The van der Waals surface area contributed by atoms with Gasteiger partial charge in [-0.2, -0.15) is 0 Å². The second-order valence-electron chi connectivity index (χ2n) is 1.53. The largest absolute Gasteiger partial charge is 0.127 e. The number of hydrogen-bond acceptors (Lipinski definition) is 0. The van der Waals surface area contributed by atoms with E-state index in [4.69, 9.17) is 23.2 Å². The summed E-state index contributed by atoms with van der Waals surface area (Å²) in [5.74, 6) is 2.60. The van der Waals surface area contributed by atoms with Crippen LogP contribution >= 0.6 is 23.2 Å². The molecule has 2 heteroatoms. The van der Waals surface area contributed by atoms with E-state index in [0.717, 1.165) is 6.42 Å². The van der Waals surface area contributed by atoms with Gasteiger partial charge in [0, 0.05) is 11.8 Å². The summed E-state index contributed by atoms with van der Waals surface area (Å²) in [5, 5.41) is 0. The molecule has 0 aliphatic carbocycles. The second-order valence-corrected chi connectivity index (χ2v) is 2.17. The highest BCUT2D eigenvalue weighted by atomic mass is 35.5. The van der Waals surface area contributed by atoms with Crippen molar-refractivity contribution >= 4 is 23.2 Å². The Kier molecular flexibility index (Phi) is 5.12. The number of rotatable bonds is 3.